The van der Waals surface area contributed by atoms with Gasteiger partial charge in [0.2, 0.25) is 0 Å². The van der Waals surface area contributed by atoms with E-state index in [4.69, 9.17) is 0 Å². The second-order valence-corrected chi connectivity index (χ2v) is 8.19. The summed E-state index contributed by atoms with van der Waals surface area (Å²) in [6.45, 7) is 4.85. The second kappa shape index (κ2) is 7.41. The Bertz CT molecular complexity index is 530. The minimum absolute atomic E-state index is 0.0848. The lowest BCUT2D eigenvalue weighted by molar-refractivity contribution is 0.285. The molecule has 1 fully saturated rings. The van der Waals surface area contributed by atoms with Crippen molar-refractivity contribution in [3.63, 3.8) is 0 Å². The topological polar surface area (TPSA) is 46.2 Å². The van der Waals surface area contributed by atoms with Gasteiger partial charge in [-0.1, -0.05) is 43.9 Å². The Morgan fingerprint density at radius 1 is 1.14 bits per heavy atom. The molecular weight excluding hydrogens is 282 g/mol. The van der Waals surface area contributed by atoms with Crippen LogP contribution in [0.3, 0.4) is 0 Å². The van der Waals surface area contributed by atoms with Crippen LogP contribution in [0.15, 0.2) is 29.2 Å². The van der Waals surface area contributed by atoms with Crippen LogP contribution in [-0.4, -0.2) is 26.8 Å². The Kier molecular flexibility index (Phi) is 5.82. The molecule has 4 heteroatoms. The highest BCUT2D eigenvalue weighted by Crippen LogP contribution is 2.28. The SMILES string of the molecule is CCNC(CS(=O)(=O)c1ccc(C)cc1)C1CCCCC1. The van der Waals surface area contributed by atoms with E-state index in [-0.39, 0.29) is 11.8 Å². The van der Waals surface area contributed by atoms with Gasteiger partial charge >= 0.3 is 0 Å². The van der Waals surface area contributed by atoms with E-state index in [1.807, 2.05) is 26.0 Å². The van der Waals surface area contributed by atoms with Gasteiger partial charge in [0.1, 0.15) is 0 Å². The van der Waals surface area contributed by atoms with Crippen molar-refractivity contribution in [3.05, 3.63) is 29.8 Å². The first-order valence-corrected chi connectivity index (χ1v) is 9.71. The van der Waals surface area contributed by atoms with Crippen molar-refractivity contribution in [1.82, 2.24) is 5.32 Å². The average Bonchev–Trinajstić information content (AvgIpc) is 2.48. The van der Waals surface area contributed by atoms with E-state index >= 15 is 0 Å². The van der Waals surface area contributed by atoms with Crippen LogP contribution in [0.5, 0.6) is 0 Å². The van der Waals surface area contributed by atoms with E-state index in [9.17, 15) is 8.42 Å². The van der Waals surface area contributed by atoms with E-state index in [0.717, 1.165) is 24.9 Å². The standard InChI is InChI=1S/C17H27NO2S/c1-3-18-17(15-7-5-4-6-8-15)13-21(19,20)16-11-9-14(2)10-12-16/h9-12,15,17-18H,3-8,13H2,1-2H3. The highest BCUT2D eigenvalue weighted by Gasteiger charge is 2.28. The number of nitrogens with one attached hydrogen (secondary N) is 1. The van der Waals surface area contributed by atoms with Gasteiger partial charge in [0.25, 0.3) is 0 Å². The van der Waals surface area contributed by atoms with E-state index in [0.29, 0.717) is 10.8 Å². The molecule has 0 saturated heterocycles. The van der Waals surface area contributed by atoms with Crippen LogP contribution in [0.2, 0.25) is 0 Å². The Hall–Kier alpha value is -0.870. The molecule has 1 atom stereocenters. The van der Waals surface area contributed by atoms with E-state index < -0.39 is 9.84 Å². The van der Waals surface area contributed by atoms with Gasteiger partial charge in [-0.3, -0.25) is 0 Å². The molecule has 0 aliphatic heterocycles. The summed E-state index contributed by atoms with van der Waals surface area (Å²) in [5.41, 5.74) is 1.09. The molecule has 0 bridgehead atoms. The second-order valence-electron chi connectivity index (χ2n) is 6.16. The summed E-state index contributed by atoms with van der Waals surface area (Å²) in [7, 11) is -3.21. The van der Waals surface area contributed by atoms with Crippen molar-refractivity contribution < 1.29 is 8.42 Å². The van der Waals surface area contributed by atoms with Gasteiger partial charge < -0.3 is 5.32 Å². The van der Waals surface area contributed by atoms with Gasteiger partial charge in [0.05, 0.1) is 10.6 Å². The molecule has 0 aromatic heterocycles. The van der Waals surface area contributed by atoms with Gasteiger partial charge in [-0.05, 0) is 44.4 Å². The van der Waals surface area contributed by atoms with Crippen LogP contribution in [0.1, 0.15) is 44.6 Å². The summed E-state index contributed by atoms with van der Waals surface area (Å²) >= 11 is 0. The van der Waals surface area contributed by atoms with Crippen LogP contribution in [0.4, 0.5) is 0 Å². The van der Waals surface area contributed by atoms with Gasteiger partial charge in [-0.25, -0.2) is 8.42 Å². The summed E-state index contributed by atoms with van der Waals surface area (Å²) in [4.78, 5) is 0.451. The van der Waals surface area contributed by atoms with Crippen LogP contribution in [0, 0.1) is 12.8 Å². The smallest absolute Gasteiger partial charge is 0.179 e. The molecular formula is C17H27NO2S. The molecule has 1 aromatic carbocycles. The molecule has 1 aliphatic carbocycles. The number of benzene rings is 1. The van der Waals surface area contributed by atoms with Gasteiger partial charge in [0, 0.05) is 6.04 Å². The summed E-state index contributed by atoms with van der Waals surface area (Å²) in [6.07, 6.45) is 6.07. The fourth-order valence-corrected chi connectivity index (χ4v) is 4.84. The lowest BCUT2D eigenvalue weighted by atomic mass is 9.84. The first-order valence-electron chi connectivity index (χ1n) is 8.05. The zero-order valence-electron chi connectivity index (χ0n) is 13.1. The van der Waals surface area contributed by atoms with Gasteiger partial charge in [-0.15, -0.1) is 0 Å². The summed E-state index contributed by atoms with van der Waals surface area (Å²) in [5.74, 6) is 0.716. The third-order valence-electron chi connectivity index (χ3n) is 4.46. The predicted molar refractivity (Wildman–Crippen MR) is 87.3 cm³/mol. The summed E-state index contributed by atoms with van der Waals surface area (Å²) in [6, 6.07) is 7.29. The molecule has 3 nitrogen and oxygen atoms in total. The molecule has 1 N–H and O–H groups in total. The Morgan fingerprint density at radius 3 is 2.33 bits per heavy atom. The van der Waals surface area contributed by atoms with E-state index in [1.165, 1.54) is 19.3 Å². The minimum Gasteiger partial charge on any atom is -0.313 e. The Labute approximate surface area is 129 Å². The van der Waals surface area contributed by atoms with Gasteiger partial charge in [-0.2, -0.15) is 0 Å². The zero-order chi connectivity index (χ0) is 15.3. The van der Waals surface area contributed by atoms with Crippen molar-refractivity contribution in [2.75, 3.05) is 12.3 Å². The van der Waals surface area contributed by atoms with E-state index in [1.54, 1.807) is 12.1 Å². The number of aryl methyl sites for hydroxylation is 1. The summed E-state index contributed by atoms with van der Waals surface area (Å²) < 4.78 is 25.3. The number of hydrogen-bond acceptors (Lipinski definition) is 3. The van der Waals surface area contributed by atoms with Crippen LogP contribution in [-0.2, 0) is 9.84 Å². The average molecular weight is 309 g/mol. The highest BCUT2D eigenvalue weighted by molar-refractivity contribution is 7.91. The van der Waals surface area contributed by atoms with Gasteiger partial charge in [0.15, 0.2) is 9.84 Å². The molecule has 1 aliphatic rings. The fraction of sp³-hybridized carbons (Fsp3) is 0.647. The molecule has 1 saturated carbocycles. The Balaban J connectivity index is 2.12. The van der Waals surface area contributed by atoms with Crippen molar-refractivity contribution in [3.8, 4) is 0 Å². The van der Waals surface area contributed by atoms with Crippen molar-refractivity contribution in [2.24, 2.45) is 5.92 Å². The van der Waals surface area contributed by atoms with Crippen LogP contribution >= 0.6 is 0 Å². The third kappa shape index (κ3) is 4.55. The molecule has 2 rings (SSSR count). The van der Waals surface area contributed by atoms with Crippen molar-refractivity contribution in [1.29, 1.82) is 0 Å². The predicted octanol–water partition coefficient (Wildman–Crippen LogP) is 3.33. The van der Waals surface area contributed by atoms with Crippen LogP contribution < -0.4 is 5.32 Å². The number of hydrogen-bond donors (Lipinski definition) is 1. The zero-order valence-corrected chi connectivity index (χ0v) is 14.0. The van der Waals surface area contributed by atoms with E-state index in [2.05, 4.69) is 5.32 Å². The first kappa shape index (κ1) is 16.5. The maximum absolute atomic E-state index is 12.6. The molecule has 1 aromatic rings. The molecule has 21 heavy (non-hydrogen) atoms. The Morgan fingerprint density at radius 2 is 1.76 bits per heavy atom. The van der Waals surface area contributed by atoms with Crippen LogP contribution in [0.25, 0.3) is 0 Å². The normalized spacial score (nSPS) is 18.6. The fourth-order valence-electron chi connectivity index (χ4n) is 3.24. The quantitative estimate of drug-likeness (QED) is 0.877. The molecule has 0 radical (unpaired) electrons. The maximum atomic E-state index is 12.6. The van der Waals surface area contributed by atoms with Crippen molar-refractivity contribution in [2.45, 2.75) is 56.9 Å². The molecule has 1 unspecified atom stereocenters. The first-order chi connectivity index (χ1) is 10.0. The largest absolute Gasteiger partial charge is 0.313 e. The minimum atomic E-state index is -3.21. The summed E-state index contributed by atoms with van der Waals surface area (Å²) in [5, 5.41) is 3.41. The molecule has 0 heterocycles. The lowest BCUT2D eigenvalue weighted by Gasteiger charge is -2.30. The lowest BCUT2D eigenvalue weighted by Crippen LogP contribution is -2.42. The monoisotopic (exact) mass is 309 g/mol. The molecule has 0 spiro atoms. The number of rotatable bonds is 6. The van der Waals surface area contributed by atoms with Crippen molar-refractivity contribution >= 4 is 9.84 Å². The third-order valence-corrected chi connectivity index (χ3v) is 6.25. The maximum Gasteiger partial charge on any atom is 0.179 e. The number of sulfone groups is 1. The molecule has 0 amide bonds. The molecule has 118 valence electrons. The highest BCUT2D eigenvalue weighted by atomic mass is 32.2.